The maximum atomic E-state index is 5.40. The van der Waals surface area contributed by atoms with Gasteiger partial charge in [-0.15, -0.1) is 0 Å². The number of benzene rings is 1. The molecule has 0 radical (unpaired) electrons. The van der Waals surface area contributed by atoms with Gasteiger partial charge in [-0.1, -0.05) is 12.5 Å². The first-order valence-electron chi connectivity index (χ1n) is 6.81. The van der Waals surface area contributed by atoms with Crippen LogP contribution in [-0.2, 0) is 0 Å². The molecule has 3 nitrogen and oxygen atoms in total. The molecule has 0 saturated carbocycles. The molecule has 1 saturated heterocycles. The van der Waals surface area contributed by atoms with Gasteiger partial charge in [-0.25, -0.2) is 0 Å². The zero-order chi connectivity index (χ0) is 13.7. The van der Waals surface area contributed by atoms with Gasteiger partial charge in [0.25, 0.3) is 0 Å². The lowest BCUT2D eigenvalue weighted by atomic mass is 9.99. The second-order valence-corrected chi connectivity index (χ2v) is 6.13. The van der Waals surface area contributed by atoms with Gasteiger partial charge in [0, 0.05) is 11.3 Å². The number of nitrogens with one attached hydrogen (secondary N) is 1. The summed E-state index contributed by atoms with van der Waals surface area (Å²) < 4.78 is 10.7. The van der Waals surface area contributed by atoms with Gasteiger partial charge in [0.05, 0.1) is 14.2 Å². The summed E-state index contributed by atoms with van der Waals surface area (Å²) >= 11 is 2.08. The Morgan fingerprint density at radius 1 is 1.21 bits per heavy atom. The number of rotatable bonds is 5. The monoisotopic (exact) mass is 281 g/mol. The molecule has 1 aromatic rings. The van der Waals surface area contributed by atoms with Crippen molar-refractivity contribution in [3.8, 4) is 11.5 Å². The van der Waals surface area contributed by atoms with Crippen LogP contribution >= 0.6 is 11.8 Å². The van der Waals surface area contributed by atoms with Crippen molar-refractivity contribution >= 4 is 11.8 Å². The van der Waals surface area contributed by atoms with E-state index in [0.29, 0.717) is 11.3 Å². The lowest BCUT2D eigenvalue weighted by molar-refractivity contribution is 0.353. The molecule has 0 spiro atoms. The molecule has 0 bridgehead atoms. The fourth-order valence-corrected chi connectivity index (χ4v) is 4.13. The molecule has 1 heterocycles. The third kappa shape index (κ3) is 3.37. The van der Waals surface area contributed by atoms with Crippen LogP contribution in [0.15, 0.2) is 18.2 Å². The minimum absolute atomic E-state index is 0.380. The number of hydrogen-bond acceptors (Lipinski definition) is 4. The highest BCUT2D eigenvalue weighted by Gasteiger charge is 2.25. The van der Waals surface area contributed by atoms with Crippen molar-refractivity contribution in [2.45, 2.75) is 30.6 Å². The van der Waals surface area contributed by atoms with Crippen molar-refractivity contribution in [3.05, 3.63) is 23.8 Å². The standard InChI is InChI=1S/C15H23NO2S/c1-16-15(14-6-4-5-9-19-14)11-7-8-12(17-2)13(10-11)18-3/h7-8,10,14-16H,4-6,9H2,1-3H3. The van der Waals surface area contributed by atoms with E-state index in [1.807, 2.05) is 13.1 Å². The first-order valence-corrected chi connectivity index (χ1v) is 7.85. The molecule has 2 atom stereocenters. The maximum Gasteiger partial charge on any atom is 0.161 e. The molecule has 1 aromatic carbocycles. The maximum absolute atomic E-state index is 5.40. The highest BCUT2D eigenvalue weighted by atomic mass is 32.2. The highest BCUT2D eigenvalue weighted by Crippen LogP contribution is 2.37. The third-order valence-electron chi connectivity index (χ3n) is 3.66. The topological polar surface area (TPSA) is 30.5 Å². The van der Waals surface area contributed by atoms with Gasteiger partial charge >= 0.3 is 0 Å². The van der Waals surface area contributed by atoms with Gasteiger partial charge in [-0.3, -0.25) is 0 Å². The lowest BCUT2D eigenvalue weighted by Gasteiger charge is -2.30. The van der Waals surface area contributed by atoms with Gasteiger partial charge in [-0.2, -0.15) is 11.8 Å². The minimum atomic E-state index is 0.380. The van der Waals surface area contributed by atoms with Crippen molar-refractivity contribution < 1.29 is 9.47 Å². The molecule has 1 fully saturated rings. The number of ether oxygens (including phenoxy) is 2. The van der Waals surface area contributed by atoms with Gasteiger partial charge in [0.2, 0.25) is 0 Å². The van der Waals surface area contributed by atoms with Crippen LogP contribution in [0.25, 0.3) is 0 Å². The van der Waals surface area contributed by atoms with E-state index in [0.717, 1.165) is 11.5 Å². The summed E-state index contributed by atoms with van der Waals surface area (Å²) in [7, 11) is 5.39. The Morgan fingerprint density at radius 3 is 2.58 bits per heavy atom. The van der Waals surface area contributed by atoms with Gasteiger partial charge in [0.15, 0.2) is 11.5 Å². The number of thioether (sulfide) groups is 1. The van der Waals surface area contributed by atoms with E-state index in [2.05, 4.69) is 29.2 Å². The molecule has 106 valence electrons. The first kappa shape index (κ1) is 14.5. The van der Waals surface area contributed by atoms with E-state index >= 15 is 0 Å². The predicted molar refractivity (Wildman–Crippen MR) is 81.4 cm³/mol. The van der Waals surface area contributed by atoms with Gasteiger partial charge in [0.1, 0.15) is 0 Å². The van der Waals surface area contributed by atoms with Crippen LogP contribution in [0, 0.1) is 0 Å². The first-order chi connectivity index (χ1) is 9.30. The molecule has 1 aliphatic rings. The predicted octanol–water partition coefficient (Wildman–Crippen LogP) is 3.25. The molecular weight excluding hydrogens is 258 g/mol. The quantitative estimate of drug-likeness (QED) is 0.897. The highest BCUT2D eigenvalue weighted by molar-refractivity contribution is 8.00. The Hall–Kier alpha value is -0.870. The van der Waals surface area contributed by atoms with Crippen LogP contribution in [0.5, 0.6) is 11.5 Å². The van der Waals surface area contributed by atoms with Crippen LogP contribution in [-0.4, -0.2) is 32.3 Å². The zero-order valence-corrected chi connectivity index (χ0v) is 12.8. The SMILES string of the molecule is CNC(c1ccc(OC)c(OC)c1)C1CCCCS1. The molecule has 2 unspecified atom stereocenters. The number of methoxy groups -OCH3 is 2. The molecule has 1 N–H and O–H groups in total. The smallest absolute Gasteiger partial charge is 0.161 e. The van der Waals surface area contributed by atoms with Crippen molar-refractivity contribution in [3.63, 3.8) is 0 Å². The Balaban J connectivity index is 2.22. The van der Waals surface area contributed by atoms with E-state index in [1.165, 1.54) is 30.6 Å². The van der Waals surface area contributed by atoms with E-state index in [9.17, 15) is 0 Å². The van der Waals surface area contributed by atoms with Crippen LogP contribution in [0.1, 0.15) is 30.9 Å². The number of hydrogen-bond donors (Lipinski definition) is 1. The molecule has 1 aliphatic heterocycles. The molecule has 4 heteroatoms. The summed E-state index contributed by atoms with van der Waals surface area (Å²) in [5.41, 5.74) is 1.28. The van der Waals surface area contributed by atoms with E-state index in [-0.39, 0.29) is 0 Å². The van der Waals surface area contributed by atoms with Gasteiger partial charge < -0.3 is 14.8 Å². The minimum Gasteiger partial charge on any atom is -0.493 e. The van der Waals surface area contributed by atoms with E-state index in [1.54, 1.807) is 14.2 Å². The fraction of sp³-hybridized carbons (Fsp3) is 0.600. The molecule has 0 aromatic heterocycles. The van der Waals surface area contributed by atoms with E-state index in [4.69, 9.17) is 9.47 Å². The third-order valence-corrected chi connectivity index (χ3v) is 5.12. The fourth-order valence-electron chi connectivity index (χ4n) is 2.64. The largest absolute Gasteiger partial charge is 0.493 e. The Morgan fingerprint density at radius 2 is 2.00 bits per heavy atom. The summed E-state index contributed by atoms with van der Waals surface area (Å²) in [6.45, 7) is 0. The van der Waals surface area contributed by atoms with Gasteiger partial charge in [-0.05, 0) is 43.3 Å². The molecule has 0 aliphatic carbocycles. The van der Waals surface area contributed by atoms with Crippen molar-refractivity contribution in [1.29, 1.82) is 0 Å². The van der Waals surface area contributed by atoms with Crippen molar-refractivity contribution in [1.82, 2.24) is 5.32 Å². The van der Waals surface area contributed by atoms with Crippen molar-refractivity contribution in [2.75, 3.05) is 27.0 Å². The van der Waals surface area contributed by atoms with Crippen LogP contribution in [0.2, 0.25) is 0 Å². The Labute approximate surface area is 120 Å². The van der Waals surface area contributed by atoms with Crippen LogP contribution in [0.4, 0.5) is 0 Å². The van der Waals surface area contributed by atoms with Crippen LogP contribution in [0.3, 0.4) is 0 Å². The summed E-state index contributed by atoms with van der Waals surface area (Å²) in [5, 5.41) is 4.11. The average Bonchev–Trinajstić information content (AvgIpc) is 2.49. The summed E-state index contributed by atoms with van der Waals surface area (Å²) in [5.74, 6) is 2.87. The van der Waals surface area contributed by atoms with Crippen LogP contribution < -0.4 is 14.8 Å². The lowest BCUT2D eigenvalue weighted by Crippen LogP contribution is -2.29. The summed E-state index contributed by atoms with van der Waals surface area (Å²) in [6, 6.07) is 6.60. The second kappa shape index (κ2) is 7.06. The molecule has 0 amide bonds. The van der Waals surface area contributed by atoms with E-state index < -0.39 is 0 Å². The van der Waals surface area contributed by atoms with Crippen molar-refractivity contribution in [2.24, 2.45) is 0 Å². The second-order valence-electron chi connectivity index (χ2n) is 4.79. The summed E-state index contributed by atoms with van der Waals surface area (Å²) in [6.07, 6.45) is 3.97. The molecule has 19 heavy (non-hydrogen) atoms. The Kier molecular flexibility index (Phi) is 5.40. The molecular formula is C15H23NO2S. The summed E-state index contributed by atoms with van der Waals surface area (Å²) in [4.78, 5) is 0. The normalized spacial score (nSPS) is 20.9. The average molecular weight is 281 g/mol. The zero-order valence-electron chi connectivity index (χ0n) is 11.9. The molecule has 2 rings (SSSR count). The Bertz CT molecular complexity index is 405.